The molecule has 0 heteroatoms. The van der Waals surface area contributed by atoms with E-state index in [-0.39, 0.29) is 0 Å². The summed E-state index contributed by atoms with van der Waals surface area (Å²) < 4.78 is 0. The summed E-state index contributed by atoms with van der Waals surface area (Å²) in [6, 6.07) is 0. The van der Waals surface area contributed by atoms with Crippen LogP contribution in [0.3, 0.4) is 0 Å². The van der Waals surface area contributed by atoms with Crippen molar-refractivity contribution in [1.82, 2.24) is 0 Å². The minimum Gasteiger partial charge on any atom is -0.0810 e. The number of hydrogen-bond acceptors (Lipinski definition) is 0. The highest BCUT2D eigenvalue weighted by molar-refractivity contribution is 5.31. The van der Waals surface area contributed by atoms with Gasteiger partial charge >= 0.3 is 0 Å². The van der Waals surface area contributed by atoms with Gasteiger partial charge in [0.15, 0.2) is 0 Å². The average Bonchev–Trinajstić information content (AvgIpc) is 2.17. The zero-order valence-electron chi connectivity index (χ0n) is 8.84. The normalized spacial score (nSPS) is 28.1. The Labute approximate surface area is 81.7 Å². The monoisotopic (exact) mass is 176 g/mol. The fourth-order valence-electron chi connectivity index (χ4n) is 2.54. The van der Waals surface area contributed by atoms with E-state index in [2.05, 4.69) is 26.0 Å². The van der Waals surface area contributed by atoms with Crippen molar-refractivity contribution in [3.63, 3.8) is 0 Å². The van der Waals surface area contributed by atoms with E-state index in [1.807, 2.05) is 0 Å². The van der Waals surface area contributed by atoms with Crippen molar-refractivity contribution in [3.8, 4) is 0 Å². The smallest absolute Gasteiger partial charge is 0.0162 e. The van der Waals surface area contributed by atoms with Gasteiger partial charge in [-0.3, -0.25) is 0 Å². The molecular formula is C13H20. The molecule has 0 nitrogen and oxygen atoms in total. The molecule has 1 unspecified atom stereocenters. The lowest BCUT2D eigenvalue weighted by Gasteiger charge is -2.29. The Balaban J connectivity index is 2.19. The lowest BCUT2D eigenvalue weighted by Crippen LogP contribution is -2.14. The molecule has 0 aromatic carbocycles. The SMILES string of the molecule is CC(C)C1=CC2=CCCCC2CC1. The van der Waals surface area contributed by atoms with Gasteiger partial charge in [-0.15, -0.1) is 0 Å². The van der Waals surface area contributed by atoms with Crippen molar-refractivity contribution in [2.24, 2.45) is 11.8 Å². The van der Waals surface area contributed by atoms with Crippen molar-refractivity contribution >= 4 is 0 Å². The van der Waals surface area contributed by atoms with Crippen molar-refractivity contribution < 1.29 is 0 Å². The van der Waals surface area contributed by atoms with Gasteiger partial charge in [-0.2, -0.15) is 0 Å². The summed E-state index contributed by atoms with van der Waals surface area (Å²) in [6.45, 7) is 4.63. The van der Waals surface area contributed by atoms with E-state index in [9.17, 15) is 0 Å². The van der Waals surface area contributed by atoms with Crippen LogP contribution < -0.4 is 0 Å². The molecule has 0 N–H and O–H groups in total. The number of fused-ring (bicyclic) bond motifs is 1. The van der Waals surface area contributed by atoms with E-state index in [1.54, 1.807) is 11.1 Å². The molecule has 0 fully saturated rings. The molecular weight excluding hydrogens is 156 g/mol. The molecule has 0 aliphatic heterocycles. The van der Waals surface area contributed by atoms with E-state index in [1.165, 1.54) is 32.1 Å². The molecule has 0 heterocycles. The Bertz CT molecular complexity index is 243. The van der Waals surface area contributed by atoms with Gasteiger partial charge in [0.05, 0.1) is 0 Å². The molecule has 0 spiro atoms. The summed E-state index contributed by atoms with van der Waals surface area (Å²) in [5.41, 5.74) is 3.32. The molecule has 2 rings (SSSR count). The lowest BCUT2D eigenvalue weighted by atomic mass is 9.77. The third-order valence-corrected chi connectivity index (χ3v) is 3.48. The Morgan fingerprint density at radius 2 is 2.15 bits per heavy atom. The largest absolute Gasteiger partial charge is 0.0810 e. The van der Waals surface area contributed by atoms with Crippen molar-refractivity contribution in [2.75, 3.05) is 0 Å². The van der Waals surface area contributed by atoms with Crippen LogP contribution in [0.1, 0.15) is 46.0 Å². The predicted molar refractivity (Wildman–Crippen MR) is 57.6 cm³/mol. The predicted octanol–water partition coefficient (Wildman–Crippen LogP) is 4.09. The Morgan fingerprint density at radius 3 is 2.92 bits per heavy atom. The average molecular weight is 176 g/mol. The van der Waals surface area contributed by atoms with Gasteiger partial charge in [-0.05, 0) is 49.5 Å². The first kappa shape index (κ1) is 9.05. The zero-order valence-corrected chi connectivity index (χ0v) is 8.84. The highest BCUT2D eigenvalue weighted by Crippen LogP contribution is 2.37. The highest BCUT2D eigenvalue weighted by atomic mass is 14.3. The van der Waals surface area contributed by atoms with E-state index < -0.39 is 0 Å². The fraction of sp³-hybridized carbons (Fsp3) is 0.692. The van der Waals surface area contributed by atoms with Gasteiger partial charge in [0.1, 0.15) is 0 Å². The van der Waals surface area contributed by atoms with Crippen LogP contribution in [0.25, 0.3) is 0 Å². The van der Waals surface area contributed by atoms with E-state index in [0.717, 1.165) is 11.8 Å². The van der Waals surface area contributed by atoms with Crippen LogP contribution in [-0.4, -0.2) is 0 Å². The van der Waals surface area contributed by atoms with Gasteiger partial charge in [-0.1, -0.05) is 31.6 Å². The van der Waals surface area contributed by atoms with Gasteiger partial charge in [0.2, 0.25) is 0 Å². The van der Waals surface area contributed by atoms with E-state index >= 15 is 0 Å². The van der Waals surface area contributed by atoms with Crippen molar-refractivity contribution in [3.05, 3.63) is 23.3 Å². The highest BCUT2D eigenvalue weighted by Gasteiger charge is 2.21. The van der Waals surface area contributed by atoms with E-state index in [4.69, 9.17) is 0 Å². The van der Waals surface area contributed by atoms with Crippen LogP contribution in [0.5, 0.6) is 0 Å². The molecule has 0 saturated carbocycles. The summed E-state index contributed by atoms with van der Waals surface area (Å²) in [6.07, 6.45) is 11.9. The van der Waals surface area contributed by atoms with Gasteiger partial charge in [0.25, 0.3) is 0 Å². The number of rotatable bonds is 1. The zero-order chi connectivity index (χ0) is 9.26. The van der Waals surface area contributed by atoms with Crippen LogP contribution in [0.15, 0.2) is 23.3 Å². The molecule has 13 heavy (non-hydrogen) atoms. The summed E-state index contributed by atoms with van der Waals surface area (Å²) in [5.74, 6) is 1.67. The molecule has 1 atom stereocenters. The second-order valence-electron chi connectivity index (χ2n) is 4.74. The molecule has 2 aliphatic carbocycles. The van der Waals surface area contributed by atoms with Crippen LogP contribution >= 0.6 is 0 Å². The first-order valence-corrected chi connectivity index (χ1v) is 5.68. The molecule has 0 aromatic rings. The molecule has 0 bridgehead atoms. The van der Waals surface area contributed by atoms with Gasteiger partial charge < -0.3 is 0 Å². The standard InChI is InChI=1S/C13H20/c1-10(2)12-8-7-11-5-3-4-6-13(11)9-12/h6,9-11H,3-5,7-8H2,1-2H3. The lowest BCUT2D eigenvalue weighted by molar-refractivity contribution is 0.461. The Kier molecular flexibility index (Phi) is 2.57. The molecule has 2 aliphatic rings. The second-order valence-corrected chi connectivity index (χ2v) is 4.74. The third-order valence-electron chi connectivity index (χ3n) is 3.48. The Morgan fingerprint density at radius 1 is 1.31 bits per heavy atom. The molecule has 0 aromatic heterocycles. The molecule has 0 amide bonds. The van der Waals surface area contributed by atoms with Gasteiger partial charge in [-0.25, -0.2) is 0 Å². The maximum absolute atomic E-state index is 2.48. The quantitative estimate of drug-likeness (QED) is 0.564. The van der Waals surface area contributed by atoms with Crippen molar-refractivity contribution in [1.29, 1.82) is 0 Å². The van der Waals surface area contributed by atoms with Crippen LogP contribution in [0, 0.1) is 11.8 Å². The minimum absolute atomic E-state index is 0.753. The van der Waals surface area contributed by atoms with Gasteiger partial charge in [0, 0.05) is 0 Å². The summed E-state index contributed by atoms with van der Waals surface area (Å²) in [7, 11) is 0. The maximum Gasteiger partial charge on any atom is -0.0162 e. The van der Waals surface area contributed by atoms with Crippen LogP contribution in [0.2, 0.25) is 0 Å². The summed E-state index contributed by atoms with van der Waals surface area (Å²) in [5, 5.41) is 0. The Hall–Kier alpha value is -0.520. The number of allylic oxidation sites excluding steroid dienone is 4. The summed E-state index contributed by atoms with van der Waals surface area (Å²) >= 11 is 0. The van der Waals surface area contributed by atoms with E-state index in [0.29, 0.717) is 0 Å². The topological polar surface area (TPSA) is 0 Å². The van der Waals surface area contributed by atoms with Crippen molar-refractivity contribution in [2.45, 2.75) is 46.0 Å². The molecule has 72 valence electrons. The summed E-state index contributed by atoms with van der Waals surface area (Å²) in [4.78, 5) is 0. The maximum atomic E-state index is 2.48. The number of hydrogen-bond donors (Lipinski definition) is 0. The second kappa shape index (κ2) is 3.69. The van der Waals surface area contributed by atoms with Crippen LogP contribution in [-0.2, 0) is 0 Å². The molecule has 0 saturated heterocycles. The minimum atomic E-state index is 0.753. The van der Waals surface area contributed by atoms with Crippen LogP contribution in [0.4, 0.5) is 0 Å². The first-order valence-electron chi connectivity index (χ1n) is 5.68. The fourth-order valence-corrected chi connectivity index (χ4v) is 2.54. The first-order chi connectivity index (χ1) is 6.27. The third kappa shape index (κ3) is 1.87. The molecule has 0 radical (unpaired) electrons.